The van der Waals surface area contributed by atoms with Gasteiger partial charge in [-0.25, -0.2) is 12.7 Å². The minimum absolute atomic E-state index is 0.475. The van der Waals surface area contributed by atoms with Crippen molar-refractivity contribution in [1.29, 1.82) is 0 Å². The van der Waals surface area contributed by atoms with Crippen LogP contribution >= 0.6 is 0 Å². The van der Waals surface area contributed by atoms with E-state index in [1.165, 1.54) is 38.4 Å². The lowest BCUT2D eigenvalue weighted by Gasteiger charge is -2.31. The van der Waals surface area contributed by atoms with Crippen LogP contribution in [0.5, 0.6) is 0 Å². The summed E-state index contributed by atoms with van der Waals surface area (Å²) in [6.07, 6.45) is 9.51. The Labute approximate surface area is 153 Å². The Bertz CT molecular complexity index is 527. The Morgan fingerprint density at radius 1 is 1.12 bits per heavy atom. The second kappa shape index (κ2) is 9.76. The number of nitrogens with one attached hydrogen (secondary N) is 2. The van der Waals surface area contributed by atoms with Gasteiger partial charge in [0.05, 0.1) is 6.26 Å². The lowest BCUT2D eigenvalue weighted by molar-refractivity contribution is 0.279. The topological polar surface area (TPSA) is 73.8 Å². The Hall–Kier alpha value is -0.820. The van der Waals surface area contributed by atoms with Gasteiger partial charge in [0.2, 0.25) is 10.0 Å². The van der Waals surface area contributed by atoms with Crippen LogP contribution in [-0.2, 0) is 10.0 Å². The van der Waals surface area contributed by atoms with Gasteiger partial charge in [0.1, 0.15) is 0 Å². The summed E-state index contributed by atoms with van der Waals surface area (Å²) in [7, 11) is -3.04. The van der Waals surface area contributed by atoms with Crippen LogP contribution < -0.4 is 10.6 Å². The molecule has 6 nitrogen and oxygen atoms in total. The van der Waals surface area contributed by atoms with Crippen molar-refractivity contribution >= 4 is 16.0 Å². The Morgan fingerprint density at radius 2 is 1.84 bits per heavy atom. The number of piperidine rings is 1. The van der Waals surface area contributed by atoms with Crippen LogP contribution in [0.3, 0.4) is 0 Å². The summed E-state index contributed by atoms with van der Waals surface area (Å²) in [5, 5.41) is 6.99. The van der Waals surface area contributed by atoms with E-state index in [1.807, 2.05) is 0 Å². The molecule has 1 saturated carbocycles. The van der Waals surface area contributed by atoms with Gasteiger partial charge in [-0.05, 0) is 44.4 Å². The van der Waals surface area contributed by atoms with Crippen LogP contribution in [0.4, 0.5) is 0 Å². The van der Waals surface area contributed by atoms with Gasteiger partial charge in [-0.15, -0.1) is 0 Å². The predicted molar refractivity (Wildman–Crippen MR) is 104 cm³/mol. The molecule has 1 heterocycles. The zero-order valence-corrected chi connectivity index (χ0v) is 16.9. The van der Waals surface area contributed by atoms with Crippen molar-refractivity contribution in [3.63, 3.8) is 0 Å². The Balaban J connectivity index is 1.83. The summed E-state index contributed by atoms with van der Waals surface area (Å²) in [6.45, 7) is 7.28. The highest BCUT2D eigenvalue weighted by molar-refractivity contribution is 7.88. The zero-order valence-electron chi connectivity index (χ0n) is 16.1. The smallest absolute Gasteiger partial charge is 0.211 e. The fraction of sp³-hybridized carbons (Fsp3) is 0.944. The van der Waals surface area contributed by atoms with Crippen molar-refractivity contribution < 1.29 is 8.42 Å². The highest BCUT2D eigenvalue weighted by Crippen LogP contribution is 2.26. The van der Waals surface area contributed by atoms with Crippen LogP contribution in [-0.4, -0.2) is 57.2 Å². The normalized spacial score (nSPS) is 27.2. The number of guanidine groups is 1. The molecule has 25 heavy (non-hydrogen) atoms. The summed E-state index contributed by atoms with van der Waals surface area (Å²) < 4.78 is 24.8. The minimum atomic E-state index is -3.04. The average molecular weight is 373 g/mol. The highest BCUT2D eigenvalue weighted by Gasteiger charge is 2.25. The van der Waals surface area contributed by atoms with E-state index < -0.39 is 10.0 Å². The molecule has 0 radical (unpaired) electrons. The first-order chi connectivity index (χ1) is 11.9. The third-order valence-electron chi connectivity index (χ3n) is 5.60. The fourth-order valence-corrected chi connectivity index (χ4v) is 4.82. The van der Waals surface area contributed by atoms with E-state index in [0.717, 1.165) is 37.8 Å². The van der Waals surface area contributed by atoms with Crippen molar-refractivity contribution in [2.45, 2.75) is 64.8 Å². The van der Waals surface area contributed by atoms with Crippen LogP contribution in [0.25, 0.3) is 0 Å². The Morgan fingerprint density at radius 3 is 2.44 bits per heavy atom. The highest BCUT2D eigenvalue weighted by atomic mass is 32.2. The number of rotatable bonds is 6. The molecule has 0 aromatic carbocycles. The van der Waals surface area contributed by atoms with E-state index in [-0.39, 0.29) is 0 Å². The van der Waals surface area contributed by atoms with Crippen molar-refractivity contribution in [3.05, 3.63) is 0 Å². The molecular formula is C18H36N4O2S. The van der Waals surface area contributed by atoms with E-state index >= 15 is 0 Å². The van der Waals surface area contributed by atoms with Gasteiger partial charge >= 0.3 is 0 Å². The molecule has 1 saturated heterocycles. The zero-order chi connectivity index (χ0) is 18.3. The molecule has 146 valence electrons. The van der Waals surface area contributed by atoms with E-state index in [0.29, 0.717) is 25.0 Å². The van der Waals surface area contributed by atoms with Crippen LogP contribution in [0, 0.1) is 11.8 Å². The molecule has 2 fully saturated rings. The molecular weight excluding hydrogens is 336 g/mol. The van der Waals surface area contributed by atoms with Crippen molar-refractivity contribution in [3.8, 4) is 0 Å². The van der Waals surface area contributed by atoms with Gasteiger partial charge in [-0.1, -0.05) is 26.2 Å². The van der Waals surface area contributed by atoms with Gasteiger partial charge in [-0.2, -0.15) is 0 Å². The summed E-state index contributed by atoms with van der Waals surface area (Å²) in [5.41, 5.74) is 0. The maximum atomic E-state index is 11.6. The van der Waals surface area contributed by atoms with Gasteiger partial charge in [-0.3, -0.25) is 4.99 Å². The van der Waals surface area contributed by atoms with E-state index in [4.69, 9.17) is 4.99 Å². The molecule has 2 aliphatic rings. The molecule has 7 heteroatoms. The van der Waals surface area contributed by atoms with Gasteiger partial charge in [0, 0.05) is 32.2 Å². The number of nitrogens with zero attached hydrogens (tertiary/aromatic N) is 2. The third-order valence-corrected chi connectivity index (χ3v) is 6.90. The molecule has 2 N–H and O–H groups in total. The average Bonchev–Trinajstić information content (AvgIpc) is 2.59. The maximum Gasteiger partial charge on any atom is 0.211 e. The minimum Gasteiger partial charge on any atom is -0.357 e. The number of hydrogen-bond donors (Lipinski definition) is 2. The first-order valence-electron chi connectivity index (χ1n) is 9.92. The largest absolute Gasteiger partial charge is 0.357 e. The molecule has 0 spiro atoms. The van der Waals surface area contributed by atoms with Crippen molar-refractivity contribution in [2.24, 2.45) is 16.8 Å². The molecule has 0 aromatic heterocycles. The second-order valence-corrected chi connectivity index (χ2v) is 9.59. The first-order valence-corrected chi connectivity index (χ1v) is 11.8. The van der Waals surface area contributed by atoms with E-state index in [1.54, 1.807) is 4.31 Å². The predicted octanol–water partition coefficient (Wildman–Crippen LogP) is 2.18. The standard InChI is InChI=1S/C18H36N4O2S/c1-4-15-7-6-8-17(13-15)21-18(19-5-2)20-14-16-9-11-22(12-10-16)25(3,23)24/h15-17H,4-14H2,1-3H3,(H2,19,20,21). The molecule has 1 aliphatic carbocycles. The molecule has 0 bridgehead atoms. The van der Waals surface area contributed by atoms with E-state index in [9.17, 15) is 8.42 Å². The quantitative estimate of drug-likeness (QED) is 0.554. The molecule has 2 rings (SSSR count). The van der Waals surface area contributed by atoms with Crippen LogP contribution in [0.15, 0.2) is 4.99 Å². The Kier molecular flexibility index (Phi) is 8.00. The lowest BCUT2D eigenvalue weighted by Crippen LogP contribution is -2.45. The molecule has 0 amide bonds. The molecule has 0 aromatic rings. The van der Waals surface area contributed by atoms with Gasteiger partial charge in [0.25, 0.3) is 0 Å². The summed E-state index contributed by atoms with van der Waals surface area (Å²) in [5.74, 6) is 2.24. The van der Waals surface area contributed by atoms with Gasteiger partial charge < -0.3 is 10.6 Å². The first kappa shape index (κ1) is 20.5. The van der Waals surface area contributed by atoms with Crippen molar-refractivity contribution in [2.75, 3.05) is 32.4 Å². The molecule has 2 unspecified atom stereocenters. The third kappa shape index (κ3) is 6.77. The molecule has 1 aliphatic heterocycles. The fourth-order valence-electron chi connectivity index (χ4n) is 3.95. The maximum absolute atomic E-state index is 11.6. The van der Waals surface area contributed by atoms with Gasteiger partial charge in [0.15, 0.2) is 5.96 Å². The monoisotopic (exact) mass is 372 g/mol. The SMILES string of the molecule is CCNC(=NCC1CCN(S(C)(=O)=O)CC1)NC1CCCC(CC)C1. The van der Waals surface area contributed by atoms with Crippen molar-refractivity contribution in [1.82, 2.24) is 14.9 Å². The lowest BCUT2D eigenvalue weighted by atomic mass is 9.84. The van der Waals surface area contributed by atoms with E-state index in [2.05, 4.69) is 24.5 Å². The second-order valence-electron chi connectivity index (χ2n) is 7.61. The summed E-state index contributed by atoms with van der Waals surface area (Å²) in [6, 6.07) is 0.531. The van der Waals surface area contributed by atoms with Crippen LogP contribution in [0.1, 0.15) is 58.8 Å². The summed E-state index contributed by atoms with van der Waals surface area (Å²) in [4.78, 5) is 4.80. The summed E-state index contributed by atoms with van der Waals surface area (Å²) >= 11 is 0. The number of sulfonamides is 1. The number of hydrogen-bond acceptors (Lipinski definition) is 3. The molecule has 2 atom stereocenters. The van der Waals surface area contributed by atoms with Crippen LogP contribution in [0.2, 0.25) is 0 Å². The number of aliphatic imine (C=N–C) groups is 1.